The van der Waals surface area contributed by atoms with Crippen LogP contribution in [0.4, 0.5) is 10.5 Å². The van der Waals surface area contributed by atoms with Gasteiger partial charge in [0.05, 0.1) is 0 Å². The van der Waals surface area contributed by atoms with Crippen LogP contribution in [0, 0.1) is 0 Å². The molecule has 0 atom stereocenters. The van der Waals surface area contributed by atoms with Gasteiger partial charge in [0.1, 0.15) is 6.61 Å². The maximum atomic E-state index is 11.9. The number of carbonyl (C=O) groups is 2. The molecule has 2 N–H and O–H groups in total. The molecule has 182 valence electrons. The normalized spacial score (nSPS) is 10.7. The zero-order chi connectivity index (χ0) is 23.1. The average molecular weight is 447 g/mol. The zero-order valence-corrected chi connectivity index (χ0v) is 20.3. The van der Waals surface area contributed by atoms with E-state index >= 15 is 0 Å². The van der Waals surface area contributed by atoms with E-state index in [0.29, 0.717) is 13.0 Å². The molecule has 0 aromatic heterocycles. The van der Waals surface area contributed by atoms with E-state index in [1.807, 2.05) is 12.1 Å². The molecule has 0 aliphatic heterocycles. The highest BCUT2D eigenvalue weighted by Crippen LogP contribution is 2.14. The minimum atomic E-state index is -0.178. The summed E-state index contributed by atoms with van der Waals surface area (Å²) in [5, 5.41) is 5.73. The van der Waals surface area contributed by atoms with Crippen molar-refractivity contribution in [2.45, 2.75) is 116 Å². The molecule has 0 radical (unpaired) electrons. The van der Waals surface area contributed by atoms with Gasteiger partial charge in [0, 0.05) is 12.2 Å². The molecular weight excluding hydrogens is 400 g/mol. The summed E-state index contributed by atoms with van der Waals surface area (Å²) in [5.74, 6) is 0. The van der Waals surface area contributed by atoms with Crippen LogP contribution in [-0.4, -0.2) is 19.0 Å². The molecule has 0 saturated heterocycles. The number of hydrogen-bond donors (Lipinski definition) is 2. The molecule has 0 bridgehead atoms. The van der Waals surface area contributed by atoms with Gasteiger partial charge < -0.3 is 15.4 Å². The molecule has 0 saturated carbocycles. The Kier molecular flexibility index (Phi) is 18.2. The van der Waals surface area contributed by atoms with Gasteiger partial charge in [-0.05, 0) is 24.1 Å². The summed E-state index contributed by atoms with van der Waals surface area (Å²) in [6.07, 6.45) is 21.6. The largest absolute Gasteiger partial charge is 0.463 e. The molecule has 0 heterocycles. The second-order valence-electron chi connectivity index (χ2n) is 8.79. The monoisotopic (exact) mass is 446 g/mol. The molecule has 1 aromatic carbocycles. The molecule has 0 aliphatic carbocycles. The summed E-state index contributed by atoms with van der Waals surface area (Å²) < 4.78 is 4.70. The van der Waals surface area contributed by atoms with Crippen LogP contribution in [0.3, 0.4) is 0 Å². The zero-order valence-electron chi connectivity index (χ0n) is 20.3. The van der Waals surface area contributed by atoms with Crippen molar-refractivity contribution in [3.63, 3.8) is 0 Å². The van der Waals surface area contributed by atoms with Gasteiger partial charge in [-0.15, -0.1) is 0 Å². The number of anilines is 1. The number of ether oxygens (including phenoxy) is 1. The van der Waals surface area contributed by atoms with Crippen molar-refractivity contribution < 1.29 is 14.3 Å². The third-order valence-corrected chi connectivity index (χ3v) is 5.85. The van der Waals surface area contributed by atoms with E-state index in [1.165, 1.54) is 96.3 Å². The maximum Gasteiger partial charge on any atom is 0.319 e. The number of benzene rings is 1. The smallest absolute Gasteiger partial charge is 0.319 e. The quantitative estimate of drug-likeness (QED) is 0.150. The molecule has 1 aromatic rings. The number of carbonyl (C=O) groups excluding carboxylic acids is 2. The van der Waals surface area contributed by atoms with Crippen molar-refractivity contribution in [3.8, 4) is 0 Å². The van der Waals surface area contributed by atoms with Crippen LogP contribution in [0.1, 0.15) is 115 Å². The van der Waals surface area contributed by atoms with Gasteiger partial charge in [-0.2, -0.15) is 0 Å². The first-order valence-corrected chi connectivity index (χ1v) is 12.9. The second-order valence-corrected chi connectivity index (χ2v) is 8.79. The molecule has 0 aliphatic rings. The van der Waals surface area contributed by atoms with E-state index in [4.69, 9.17) is 4.74 Å². The topological polar surface area (TPSA) is 67.4 Å². The molecule has 0 unspecified atom stereocenters. The molecule has 0 spiro atoms. The van der Waals surface area contributed by atoms with E-state index in [-0.39, 0.29) is 12.6 Å². The van der Waals surface area contributed by atoms with Crippen LogP contribution in [0.25, 0.3) is 0 Å². The molecule has 0 fully saturated rings. The number of nitrogens with one attached hydrogen (secondary N) is 2. The van der Waals surface area contributed by atoms with Crippen LogP contribution in [0.2, 0.25) is 0 Å². The number of unbranched alkanes of at least 4 members (excludes halogenated alkanes) is 15. The van der Waals surface area contributed by atoms with E-state index in [2.05, 4.69) is 17.6 Å². The minimum Gasteiger partial charge on any atom is -0.463 e. The summed E-state index contributed by atoms with van der Waals surface area (Å²) in [7, 11) is 0. The Bertz CT molecular complexity index is 575. The van der Waals surface area contributed by atoms with Crippen LogP contribution in [-0.2, 0) is 16.1 Å². The Morgan fingerprint density at radius 2 is 1.22 bits per heavy atom. The summed E-state index contributed by atoms with van der Waals surface area (Å²) in [5.41, 5.74) is 1.61. The highest BCUT2D eigenvalue weighted by Gasteiger charge is 2.01. The number of rotatable bonds is 21. The van der Waals surface area contributed by atoms with E-state index in [0.717, 1.165) is 17.7 Å². The summed E-state index contributed by atoms with van der Waals surface area (Å²) in [4.78, 5) is 22.1. The van der Waals surface area contributed by atoms with Crippen molar-refractivity contribution in [2.75, 3.05) is 11.9 Å². The van der Waals surface area contributed by atoms with E-state index in [9.17, 15) is 9.59 Å². The fourth-order valence-electron chi connectivity index (χ4n) is 3.86. The van der Waals surface area contributed by atoms with Crippen LogP contribution >= 0.6 is 0 Å². The summed E-state index contributed by atoms with van der Waals surface area (Å²) in [6.45, 7) is 3.65. The van der Waals surface area contributed by atoms with Crippen molar-refractivity contribution in [1.29, 1.82) is 0 Å². The van der Waals surface area contributed by atoms with Crippen molar-refractivity contribution >= 4 is 18.2 Å². The highest BCUT2D eigenvalue weighted by molar-refractivity contribution is 5.89. The number of hydrogen-bond acceptors (Lipinski definition) is 3. The van der Waals surface area contributed by atoms with Gasteiger partial charge in [-0.1, -0.05) is 115 Å². The first-order chi connectivity index (χ1) is 15.8. The lowest BCUT2D eigenvalue weighted by molar-refractivity contribution is -0.129. The van der Waals surface area contributed by atoms with Crippen molar-refractivity contribution in [1.82, 2.24) is 5.32 Å². The predicted molar refractivity (Wildman–Crippen MR) is 134 cm³/mol. The molecule has 5 nitrogen and oxygen atoms in total. The SMILES string of the molecule is CCCCCCCCCCCCCCCCCCNC(=O)Nc1ccc(COC=O)cc1. The number of amides is 2. The molecule has 32 heavy (non-hydrogen) atoms. The fraction of sp³-hybridized carbons (Fsp3) is 0.704. The second kappa shape index (κ2) is 20.8. The van der Waals surface area contributed by atoms with Gasteiger partial charge in [0.2, 0.25) is 0 Å². The van der Waals surface area contributed by atoms with Crippen molar-refractivity contribution in [2.24, 2.45) is 0 Å². The standard InChI is InChI=1S/C27H46N2O3/c1-2-3-4-5-6-7-8-9-10-11-12-13-14-15-16-17-22-28-27(31)29-26-20-18-25(19-21-26)23-32-24-30/h18-21,24H,2-17,22-23H2,1H3,(H2,28,29,31). The first-order valence-electron chi connectivity index (χ1n) is 12.9. The van der Waals surface area contributed by atoms with E-state index < -0.39 is 0 Å². The predicted octanol–water partition coefficient (Wildman–Crippen LogP) is 7.74. The van der Waals surface area contributed by atoms with Gasteiger partial charge in [0.25, 0.3) is 6.47 Å². The molecule has 2 amide bonds. The average Bonchev–Trinajstić information content (AvgIpc) is 2.80. The van der Waals surface area contributed by atoms with Gasteiger partial charge >= 0.3 is 6.03 Å². The summed E-state index contributed by atoms with van der Waals surface area (Å²) in [6, 6.07) is 7.08. The molecule has 5 heteroatoms. The Hall–Kier alpha value is -2.04. The van der Waals surface area contributed by atoms with Crippen LogP contribution < -0.4 is 10.6 Å². The van der Waals surface area contributed by atoms with Gasteiger partial charge in [-0.3, -0.25) is 4.79 Å². The molecule has 1 rings (SSSR count). The Morgan fingerprint density at radius 1 is 0.750 bits per heavy atom. The third-order valence-electron chi connectivity index (χ3n) is 5.85. The Morgan fingerprint density at radius 3 is 1.69 bits per heavy atom. The maximum absolute atomic E-state index is 11.9. The highest BCUT2D eigenvalue weighted by atomic mass is 16.5. The third kappa shape index (κ3) is 16.6. The lowest BCUT2D eigenvalue weighted by Gasteiger charge is -2.08. The minimum absolute atomic E-state index is 0.178. The molecular formula is C27H46N2O3. The first kappa shape index (κ1) is 28.0. The lowest BCUT2D eigenvalue weighted by atomic mass is 10.0. The van der Waals surface area contributed by atoms with Crippen molar-refractivity contribution in [3.05, 3.63) is 29.8 Å². The van der Waals surface area contributed by atoms with Gasteiger partial charge in [-0.25, -0.2) is 4.79 Å². The Labute approximate surface area is 196 Å². The van der Waals surface area contributed by atoms with Crippen LogP contribution in [0.15, 0.2) is 24.3 Å². The van der Waals surface area contributed by atoms with Gasteiger partial charge in [0.15, 0.2) is 0 Å². The summed E-state index contributed by atoms with van der Waals surface area (Å²) >= 11 is 0. The Balaban J connectivity index is 1.84. The van der Waals surface area contributed by atoms with E-state index in [1.54, 1.807) is 12.1 Å². The fourth-order valence-corrected chi connectivity index (χ4v) is 3.86. The number of urea groups is 1. The lowest BCUT2D eigenvalue weighted by Crippen LogP contribution is -2.29. The van der Waals surface area contributed by atoms with Crippen LogP contribution in [0.5, 0.6) is 0 Å².